The normalized spacial score (nSPS) is 13.5. The van der Waals surface area contributed by atoms with E-state index < -0.39 is 29.4 Å². The fourth-order valence-electron chi connectivity index (χ4n) is 4.19. The van der Waals surface area contributed by atoms with Crippen molar-refractivity contribution >= 4 is 29.3 Å². The molecule has 8 nitrogen and oxygen atoms in total. The lowest BCUT2D eigenvalue weighted by Crippen LogP contribution is -2.53. The number of carboxylic acids is 1. The van der Waals surface area contributed by atoms with E-state index in [0.29, 0.717) is 5.01 Å². The van der Waals surface area contributed by atoms with Crippen LogP contribution in [0.3, 0.4) is 0 Å². The molecule has 182 valence electrons. The van der Waals surface area contributed by atoms with Crippen LogP contribution in [0.5, 0.6) is 0 Å². The Morgan fingerprint density at radius 1 is 1.06 bits per heavy atom. The van der Waals surface area contributed by atoms with Gasteiger partial charge in [-0.3, -0.25) is 4.79 Å². The van der Waals surface area contributed by atoms with Crippen molar-refractivity contribution in [3.63, 3.8) is 0 Å². The minimum atomic E-state index is -1.07. The van der Waals surface area contributed by atoms with Gasteiger partial charge in [0.05, 0.1) is 12.7 Å². The number of hydrogen-bond donors (Lipinski definition) is 3. The molecule has 1 heterocycles. The van der Waals surface area contributed by atoms with Crippen LogP contribution < -0.4 is 10.6 Å². The Bertz CT molecular complexity index is 1220. The number of alkyl carbamates (subject to hydrolysis) is 1. The van der Waals surface area contributed by atoms with Gasteiger partial charge in [-0.2, -0.15) is 0 Å². The lowest BCUT2D eigenvalue weighted by atomic mass is 9.86. The topological polar surface area (TPSA) is 118 Å². The van der Waals surface area contributed by atoms with Crippen LogP contribution in [0, 0.1) is 5.41 Å². The molecule has 9 heteroatoms. The Kier molecular flexibility index (Phi) is 6.88. The van der Waals surface area contributed by atoms with E-state index in [0.717, 1.165) is 33.6 Å². The van der Waals surface area contributed by atoms with E-state index in [-0.39, 0.29) is 23.9 Å². The number of ether oxygens (including phenoxy) is 1. The van der Waals surface area contributed by atoms with E-state index >= 15 is 0 Å². The molecular formula is C26H27N3O5S. The van der Waals surface area contributed by atoms with Crippen LogP contribution >= 0.6 is 11.3 Å². The Balaban J connectivity index is 1.39. The van der Waals surface area contributed by atoms with E-state index in [1.807, 2.05) is 57.2 Å². The third-order valence-corrected chi connectivity index (χ3v) is 6.90. The van der Waals surface area contributed by atoms with E-state index in [9.17, 15) is 14.4 Å². The average Bonchev–Trinajstić information content (AvgIpc) is 3.42. The summed E-state index contributed by atoms with van der Waals surface area (Å²) in [4.78, 5) is 40.8. The summed E-state index contributed by atoms with van der Waals surface area (Å²) in [5.41, 5.74) is 3.89. The fraction of sp³-hybridized carbons (Fsp3) is 0.308. The van der Waals surface area contributed by atoms with Crippen LogP contribution in [0.15, 0.2) is 54.7 Å². The van der Waals surface area contributed by atoms with Crippen molar-refractivity contribution in [2.75, 3.05) is 6.61 Å². The Hall–Kier alpha value is -3.72. The summed E-state index contributed by atoms with van der Waals surface area (Å²) in [6.45, 7) is 5.73. The SMILES string of the molecule is CC(C)(C)[C@H](NC(=O)OCC1c2ccccc2-c2ccccc21)C(=O)NCc1ncc(C(=O)O)s1. The van der Waals surface area contributed by atoms with Gasteiger partial charge in [-0.05, 0) is 27.7 Å². The molecule has 0 fully saturated rings. The Labute approximate surface area is 207 Å². The first-order chi connectivity index (χ1) is 16.6. The molecule has 0 spiro atoms. The highest BCUT2D eigenvalue weighted by Crippen LogP contribution is 2.44. The van der Waals surface area contributed by atoms with Gasteiger partial charge < -0.3 is 20.5 Å². The van der Waals surface area contributed by atoms with Gasteiger partial charge in [-0.25, -0.2) is 14.6 Å². The van der Waals surface area contributed by atoms with Gasteiger partial charge in [0.15, 0.2) is 0 Å². The first-order valence-electron chi connectivity index (χ1n) is 11.2. The molecule has 3 aromatic rings. The summed E-state index contributed by atoms with van der Waals surface area (Å²) >= 11 is 0.990. The number of nitrogens with one attached hydrogen (secondary N) is 2. The number of hydrogen-bond acceptors (Lipinski definition) is 6. The minimum Gasteiger partial charge on any atom is -0.477 e. The molecular weight excluding hydrogens is 466 g/mol. The zero-order chi connectivity index (χ0) is 25.2. The number of nitrogens with zero attached hydrogens (tertiary/aromatic N) is 1. The predicted molar refractivity (Wildman–Crippen MR) is 132 cm³/mol. The number of fused-ring (bicyclic) bond motifs is 3. The van der Waals surface area contributed by atoms with E-state index in [1.165, 1.54) is 6.20 Å². The second kappa shape index (κ2) is 9.87. The monoisotopic (exact) mass is 493 g/mol. The fourth-order valence-corrected chi connectivity index (χ4v) is 4.89. The van der Waals surface area contributed by atoms with Crippen molar-refractivity contribution in [3.05, 3.63) is 75.7 Å². The number of benzene rings is 2. The van der Waals surface area contributed by atoms with Crippen LogP contribution in [0.1, 0.15) is 52.5 Å². The molecule has 4 rings (SSSR count). The number of rotatable bonds is 7. The van der Waals surface area contributed by atoms with E-state index in [1.54, 1.807) is 0 Å². The molecule has 1 aromatic heterocycles. The van der Waals surface area contributed by atoms with Gasteiger partial charge in [-0.15, -0.1) is 11.3 Å². The Morgan fingerprint density at radius 2 is 1.66 bits per heavy atom. The summed E-state index contributed by atoms with van der Waals surface area (Å²) < 4.78 is 5.60. The number of carbonyl (C=O) groups excluding carboxylic acids is 2. The number of amides is 2. The van der Waals surface area contributed by atoms with Gasteiger partial charge in [0, 0.05) is 5.92 Å². The third kappa shape index (κ3) is 5.35. The van der Waals surface area contributed by atoms with Crippen molar-refractivity contribution in [3.8, 4) is 11.1 Å². The average molecular weight is 494 g/mol. The molecule has 1 aliphatic carbocycles. The maximum Gasteiger partial charge on any atom is 0.407 e. The standard InChI is InChI=1S/C26H27N3O5S/c1-26(2,3)22(23(30)28-13-21-27-12-20(35-21)24(31)32)29-25(33)34-14-19-17-10-6-4-8-15(17)16-9-5-7-11-18(16)19/h4-12,19,22H,13-14H2,1-3H3,(H,28,30)(H,29,33)(H,31,32)/t22-/m1/s1. The van der Waals surface area contributed by atoms with Crippen molar-refractivity contribution < 1.29 is 24.2 Å². The predicted octanol–water partition coefficient (Wildman–Crippen LogP) is 4.41. The molecule has 1 atom stereocenters. The number of carbonyl (C=O) groups is 3. The highest BCUT2D eigenvalue weighted by molar-refractivity contribution is 7.13. The molecule has 3 N–H and O–H groups in total. The third-order valence-electron chi connectivity index (χ3n) is 5.91. The second-order valence-corrected chi connectivity index (χ2v) is 10.5. The molecule has 2 aromatic carbocycles. The smallest absolute Gasteiger partial charge is 0.407 e. The Morgan fingerprint density at radius 3 is 2.20 bits per heavy atom. The molecule has 0 unspecified atom stereocenters. The van der Waals surface area contributed by atoms with Crippen LogP contribution in [0.25, 0.3) is 11.1 Å². The molecule has 0 saturated carbocycles. The van der Waals surface area contributed by atoms with Crippen LogP contribution in [-0.2, 0) is 16.1 Å². The largest absolute Gasteiger partial charge is 0.477 e. The number of carboxylic acid groups (broad SMARTS) is 1. The van der Waals surface area contributed by atoms with Gasteiger partial charge in [0.25, 0.3) is 0 Å². The first kappa shape index (κ1) is 24.4. The molecule has 0 bridgehead atoms. The summed E-state index contributed by atoms with van der Waals surface area (Å²) in [7, 11) is 0. The zero-order valence-electron chi connectivity index (χ0n) is 19.7. The lowest BCUT2D eigenvalue weighted by molar-refractivity contribution is -0.125. The first-order valence-corrected chi connectivity index (χ1v) is 12.0. The molecule has 0 radical (unpaired) electrons. The highest BCUT2D eigenvalue weighted by atomic mass is 32.1. The lowest BCUT2D eigenvalue weighted by Gasteiger charge is -2.30. The number of aromatic nitrogens is 1. The summed E-state index contributed by atoms with van der Waals surface area (Å²) in [6, 6.07) is 15.3. The van der Waals surface area contributed by atoms with Crippen LogP contribution in [-0.4, -0.2) is 40.7 Å². The molecule has 0 saturated heterocycles. The minimum absolute atomic E-state index is 0.0652. The van der Waals surface area contributed by atoms with Crippen molar-refractivity contribution in [2.24, 2.45) is 5.41 Å². The summed E-state index contributed by atoms with van der Waals surface area (Å²) in [6.07, 6.45) is 0.578. The molecule has 1 aliphatic rings. The van der Waals surface area contributed by atoms with Crippen molar-refractivity contribution in [1.29, 1.82) is 0 Å². The highest BCUT2D eigenvalue weighted by Gasteiger charge is 2.34. The second-order valence-electron chi connectivity index (χ2n) is 9.41. The molecule has 2 amide bonds. The number of aromatic carboxylic acids is 1. The molecule has 35 heavy (non-hydrogen) atoms. The zero-order valence-corrected chi connectivity index (χ0v) is 20.5. The maximum atomic E-state index is 12.9. The van der Waals surface area contributed by atoms with Gasteiger partial charge in [0.2, 0.25) is 5.91 Å². The van der Waals surface area contributed by atoms with Crippen molar-refractivity contribution in [2.45, 2.75) is 39.3 Å². The van der Waals surface area contributed by atoms with Crippen LogP contribution in [0.2, 0.25) is 0 Å². The number of thiazole rings is 1. The van der Waals surface area contributed by atoms with Gasteiger partial charge in [0.1, 0.15) is 22.5 Å². The van der Waals surface area contributed by atoms with E-state index in [4.69, 9.17) is 9.84 Å². The maximum absolute atomic E-state index is 12.9. The van der Waals surface area contributed by atoms with Crippen LogP contribution in [0.4, 0.5) is 4.79 Å². The van der Waals surface area contributed by atoms with Gasteiger partial charge in [-0.1, -0.05) is 69.3 Å². The quantitative estimate of drug-likeness (QED) is 0.449. The van der Waals surface area contributed by atoms with E-state index in [2.05, 4.69) is 27.8 Å². The summed E-state index contributed by atoms with van der Waals surface area (Å²) in [5.74, 6) is -1.55. The summed E-state index contributed by atoms with van der Waals surface area (Å²) in [5, 5.41) is 14.9. The molecule has 0 aliphatic heterocycles. The van der Waals surface area contributed by atoms with Gasteiger partial charge >= 0.3 is 12.1 Å². The van der Waals surface area contributed by atoms with Crippen molar-refractivity contribution in [1.82, 2.24) is 15.6 Å².